The van der Waals surface area contributed by atoms with Crippen molar-refractivity contribution in [3.05, 3.63) is 47.5 Å². The van der Waals surface area contributed by atoms with Crippen LogP contribution in [0.3, 0.4) is 0 Å². The third-order valence-electron chi connectivity index (χ3n) is 2.40. The Balaban J connectivity index is 2.81. The lowest BCUT2D eigenvalue weighted by atomic mass is 9.97. The SMILES string of the molecule is C=Cc1ccc2c(c1C=C)C(=O)NC2=O. The summed E-state index contributed by atoms with van der Waals surface area (Å²) in [4.78, 5) is 22.9. The van der Waals surface area contributed by atoms with Crippen LogP contribution in [0, 0.1) is 0 Å². The molecule has 0 radical (unpaired) electrons. The van der Waals surface area contributed by atoms with Crippen molar-refractivity contribution in [3.8, 4) is 0 Å². The lowest BCUT2D eigenvalue weighted by Gasteiger charge is -2.04. The Morgan fingerprint density at radius 1 is 1.07 bits per heavy atom. The average molecular weight is 199 g/mol. The number of imide groups is 1. The highest BCUT2D eigenvalue weighted by Gasteiger charge is 2.29. The molecule has 3 nitrogen and oxygen atoms in total. The summed E-state index contributed by atoms with van der Waals surface area (Å²) in [6.07, 6.45) is 3.20. The minimum atomic E-state index is -0.367. The molecular weight excluding hydrogens is 190 g/mol. The van der Waals surface area contributed by atoms with Gasteiger partial charge in [-0.25, -0.2) is 0 Å². The maximum absolute atomic E-state index is 11.5. The van der Waals surface area contributed by atoms with Crippen molar-refractivity contribution in [2.75, 3.05) is 0 Å². The van der Waals surface area contributed by atoms with E-state index < -0.39 is 0 Å². The Labute approximate surface area is 87.1 Å². The zero-order valence-corrected chi connectivity index (χ0v) is 8.04. The molecule has 15 heavy (non-hydrogen) atoms. The second-order valence-electron chi connectivity index (χ2n) is 3.18. The summed E-state index contributed by atoms with van der Waals surface area (Å²) in [5, 5.41) is 2.25. The van der Waals surface area contributed by atoms with Crippen LogP contribution >= 0.6 is 0 Å². The van der Waals surface area contributed by atoms with E-state index in [4.69, 9.17) is 0 Å². The van der Waals surface area contributed by atoms with Crippen molar-refractivity contribution < 1.29 is 9.59 Å². The van der Waals surface area contributed by atoms with Crippen LogP contribution in [-0.2, 0) is 0 Å². The zero-order valence-electron chi connectivity index (χ0n) is 8.04. The van der Waals surface area contributed by atoms with E-state index in [-0.39, 0.29) is 11.8 Å². The summed E-state index contributed by atoms with van der Waals surface area (Å²) in [5.74, 6) is -0.720. The highest BCUT2D eigenvalue weighted by molar-refractivity contribution is 6.23. The summed E-state index contributed by atoms with van der Waals surface area (Å²) in [5.41, 5.74) is 2.26. The molecule has 1 aromatic rings. The molecule has 1 aliphatic heterocycles. The molecule has 0 aromatic heterocycles. The van der Waals surface area contributed by atoms with E-state index in [1.54, 1.807) is 24.3 Å². The van der Waals surface area contributed by atoms with Crippen LogP contribution in [0.25, 0.3) is 12.2 Å². The first-order valence-corrected chi connectivity index (χ1v) is 4.46. The first-order chi connectivity index (χ1) is 7.19. The molecule has 1 aromatic carbocycles. The van der Waals surface area contributed by atoms with Crippen LogP contribution in [-0.4, -0.2) is 11.8 Å². The Kier molecular flexibility index (Phi) is 2.01. The number of amides is 2. The van der Waals surface area contributed by atoms with Crippen molar-refractivity contribution in [1.82, 2.24) is 5.32 Å². The monoisotopic (exact) mass is 199 g/mol. The van der Waals surface area contributed by atoms with Gasteiger partial charge >= 0.3 is 0 Å². The van der Waals surface area contributed by atoms with Gasteiger partial charge in [0.05, 0.1) is 11.1 Å². The molecule has 0 saturated heterocycles. The van der Waals surface area contributed by atoms with Gasteiger partial charge in [0.1, 0.15) is 0 Å². The second kappa shape index (κ2) is 3.20. The van der Waals surface area contributed by atoms with E-state index >= 15 is 0 Å². The van der Waals surface area contributed by atoms with Gasteiger partial charge in [0.25, 0.3) is 11.8 Å². The maximum atomic E-state index is 11.5. The molecule has 1 heterocycles. The number of carbonyl (C=O) groups is 2. The Bertz CT molecular complexity index is 501. The minimum absolute atomic E-state index is 0.353. The fraction of sp³-hybridized carbons (Fsp3) is 0. The van der Waals surface area contributed by atoms with Crippen molar-refractivity contribution in [1.29, 1.82) is 0 Å². The number of fused-ring (bicyclic) bond motifs is 1. The van der Waals surface area contributed by atoms with Crippen molar-refractivity contribution in [3.63, 3.8) is 0 Å². The molecule has 0 atom stereocenters. The largest absolute Gasteiger partial charge is 0.288 e. The molecule has 0 unspecified atom stereocenters. The number of rotatable bonds is 2. The maximum Gasteiger partial charge on any atom is 0.259 e. The summed E-state index contributed by atoms with van der Waals surface area (Å²) in [6, 6.07) is 3.38. The molecule has 74 valence electrons. The van der Waals surface area contributed by atoms with Gasteiger partial charge in [-0.3, -0.25) is 14.9 Å². The Morgan fingerprint density at radius 3 is 2.40 bits per heavy atom. The smallest absolute Gasteiger partial charge is 0.259 e. The zero-order chi connectivity index (χ0) is 11.0. The van der Waals surface area contributed by atoms with Crippen LogP contribution in [0.15, 0.2) is 25.3 Å². The second-order valence-corrected chi connectivity index (χ2v) is 3.18. The molecule has 3 heteroatoms. The third-order valence-corrected chi connectivity index (χ3v) is 2.40. The molecule has 2 rings (SSSR count). The van der Waals surface area contributed by atoms with Crippen LogP contribution < -0.4 is 5.32 Å². The molecule has 1 N–H and O–H groups in total. The van der Waals surface area contributed by atoms with Gasteiger partial charge in [-0.15, -0.1) is 0 Å². The summed E-state index contributed by atoms with van der Waals surface area (Å²) < 4.78 is 0. The molecule has 0 aliphatic carbocycles. The van der Waals surface area contributed by atoms with Gasteiger partial charge in [-0.2, -0.15) is 0 Å². The normalized spacial score (nSPS) is 13.3. The van der Waals surface area contributed by atoms with E-state index in [0.717, 1.165) is 5.56 Å². The molecule has 0 fully saturated rings. The van der Waals surface area contributed by atoms with Gasteiger partial charge in [0, 0.05) is 0 Å². The van der Waals surface area contributed by atoms with Crippen LogP contribution in [0.1, 0.15) is 31.8 Å². The summed E-state index contributed by atoms with van der Waals surface area (Å²) in [7, 11) is 0. The van der Waals surface area contributed by atoms with E-state index in [2.05, 4.69) is 18.5 Å². The number of hydrogen-bond acceptors (Lipinski definition) is 2. The van der Waals surface area contributed by atoms with Crippen molar-refractivity contribution in [2.45, 2.75) is 0 Å². The van der Waals surface area contributed by atoms with Crippen LogP contribution in [0.4, 0.5) is 0 Å². The average Bonchev–Trinajstić information content (AvgIpc) is 2.53. The molecule has 0 bridgehead atoms. The number of hydrogen-bond donors (Lipinski definition) is 1. The summed E-state index contributed by atoms with van der Waals surface area (Å²) in [6.45, 7) is 7.28. The minimum Gasteiger partial charge on any atom is -0.288 e. The first kappa shape index (κ1) is 9.40. The van der Waals surface area contributed by atoms with Gasteiger partial charge < -0.3 is 0 Å². The van der Waals surface area contributed by atoms with Gasteiger partial charge in [0.15, 0.2) is 0 Å². The number of carbonyl (C=O) groups excluding carboxylic acids is 2. The standard InChI is InChI=1S/C12H9NO2/c1-3-7-5-6-9-10(8(7)4-2)12(15)13-11(9)14/h3-6H,1-2H2,(H,13,14,15). The predicted molar refractivity (Wildman–Crippen MR) is 58.4 cm³/mol. The lowest BCUT2D eigenvalue weighted by Crippen LogP contribution is -2.20. The topological polar surface area (TPSA) is 46.2 Å². The van der Waals surface area contributed by atoms with Crippen molar-refractivity contribution in [2.24, 2.45) is 0 Å². The fourth-order valence-corrected chi connectivity index (χ4v) is 1.70. The van der Waals surface area contributed by atoms with Crippen LogP contribution in [0.5, 0.6) is 0 Å². The van der Waals surface area contributed by atoms with Crippen LogP contribution in [0.2, 0.25) is 0 Å². The van der Waals surface area contributed by atoms with E-state index in [1.807, 2.05) is 0 Å². The quantitative estimate of drug-likeness (QED) is 0.739. The van der Waals surface area contributed by atoms with Gasteiger partial charge in [-0.05, 0) is 17.2 Å². The number of nitrogens with one attached hydrogen (secondary N) is 1. The molecule has 1 aliphatic rings. The van der Waals surface area contributed by atoms with E-state index in [0.29, 0.717) is 16.7 Å². The van der Waals surface area contributed by atoms with Gasteiger partial charge in [0.2, 0.25) is 0 Å². The molecule has 2 amide bonds. The lowest BCUT2D eigenvalue weighted by molar-refractivity contribution is 0.0879. The Morgan fingerprint density at radius 2 is 1.80 bits per heavy atom. The first-order valence-electron chi connectivity index (χ1n) is 4.46. The predicted octanol–water partition coefficient (Wildman–Crippen LogP) is 1.86. The Hall–Kier alpha value is -2.16. The van der Waals surface area contributed by atoms with Crippen molar-refractivity contribution >= 4 is 24.0 Å². The molecule has 0 spiro atoms. The van der Waals surface area contributed by atoms with E-state index in [9.17, 15) is 9.59 Å². The molecular formula is C12H9NO2. The van der Waals surface area contributed by atoms with Gasteiger partial charge in [-0.1, -0.05) is 31.4 Å². The fourth-order valence-electron chi connectivity index (χ4n) is 1.70. The summed E-state index contributed by atoms with van der Waals surface area (Å²) >= 11 is 0. The third kappa shape index (κ3) is 1.21. The number of benzene rings is 1. The van der Waals surface area contributed by atoms with E-state index in [1.165, 1.54) is 0 Å². The molecule has 0 saturated carbocycles. The highest BCUT2D eigenvalue weighted by Crippen LogP contribution is 2.25. The highest BCUT2D eigenvalue weighted by atomic mass is 16.2.